The minimum absolute atomic E-state index is 0.00386. The van der Waals surface area contributed by atoms with Gasteiger partial charge in [0.15, 0.2) is 0 Å². The number of carbonyl (C=O) groups is 2. The van der Waals surface area contributed by atoms with Crippen LogP contribution in [-0.2, 0) is 0 Å². The molecule has 2 amide bonds. The lowest BCUT2D eigenvalue weighted by Crippen LogP contribution is -2.43. The maximum Gasteiger partial charge on any atom is 0.261 e. The van der Waals surface area contributed by atoms with E-state index in [2.05, 4.69) is 6.92 Å². The highest BCUT2D eigenvalue weighted by molar-refractivity contribution is 6.21. The van der Waals surface area contributed by atoms with Gasteiger partial charge in [-0.15, -0.1) is 0 Å². The molecular weight excluding hydrogens is 266 g/mol. The molecule has 4 nitrogen and oxygen atoms in total. The molecule has 0 spiro atoms. The molecule has 1 aliphatic heterocycles. The van der Waals surface area contributed by atoms with E-state index in [1.807, 2.05) is 0 Å². The van der Waals surface area contributed by atoms with Crippen LogP contribution in [0, 0.1) is 5.41 Å². The van der Waals surface area contributed by atoms with Gasteiger partial charge in [0.25, 0.3) is 11.8 Å². The van der Waals surface area contributed by atoms with E-state index in [-0.39, 0.29) is 29.9 Å². The number of rotatable bonds is 3. The molecule has 1 aliphatic carbocycles. The van der Waals surface area contributed by atoms with Crippen LogP contribution in [0.2, 0.25) is 0 Å². The molecule has 0 saturated heterocycles. The van der Waals surface area contributed by atoms with E-state index < -0.39 is 0 Å². The molecule has 4 heteroatoms. The normalized spacial score (nSPS) is 28.9. The average molecular weight is 287 g/mol. The molecule has 0 aromatic heterocycles. The third-order valence-electron chi connectivity index (χ3n) is 5.07. The third-order valence-corrected chi connectivity index (χ3v) is 5.07. The first-order valence-electron chi connectivity index (χ1n) is 7.63. The predicted molar refractivity (Wildman–Crippen MR) is 79.0 cm³/mol. The fourth-order valence-corrected chi connectivity index (χ4v) is 3.62. The monoisotopic (exact) mass is 287 g/mol. The van der Waals surface area contributed by atoms with Crippen LogP contribution in [-0.4, -0.2) is 34.5 Å². The molecule has 1 N–H and O–H groups in total. The molecule has 1 aromatic carbocycles. The number of imide groups is 1. The van der Waals surface area contributed by atoms with Crippen LogP contribution in [0.15, 0.2) is 24.3 Å². The summed E-state index contributed by atoms with van der Waals surface area (Å²) in [5, 5.41) is 9.14. The Balaban J connectivity index is 1.76. The Morgan fingerprint density at radius 3 is 2.14 bits per heavy atom. The van der Waals surface area contributed by atoms with E-state index >= 15 is 0 Å². The molecule has 1 heterocycles. The fraction of sp³-hybridized carbons (Fsp3) is 0.529. The summed E-state index contributed by atoms with van der Waals surface area (Å²) >= 11 is 0. The highest BCUT2D eigenvalue weighted by atomic mass is 16.3. The van der Waals surface area contributed by atoms with Gasteiger partial charge >= 0.3 is 0 Å². The van der Waals surface area contributed by atoms with Crippen molar-refractivity contribution in [2.75, 3.05) is 6.61 Å². The summed E-state index contributed by atoms with van der Waals surface area (Å²) < 4.78 is 0. The van der Waals surface area contributed by atoms with Gasteiger partial charge in [0.05, 0.1) is 11.1 Å². The maximum absolute atomic E-state index is 12.5. The smallest absolute Gasteiger partial charge is 0.261 e. The number of amides is 2. The third kappa shape index (κ3) is 2.38. The van der Waals surface area contributed by atoms with E-state index in [0.717, 1.165) is 32.1 Å². The lowest BCUT2D eigenvalue weighted by Gasteiger charge is -2.39. The topological polar surface area (TPSA) is 57.6 Å². The minimum atomic E-state index is -0.147. The Bertz CT molecular complexity index is 538. The molecule has 0 radical (unpaired) electrons. The van der Waals surface area contributed by atoms with Gasteiger partial charge < -0.3 is 5.11 Å². The number of aliphatic hydroxyl groups excluding tert-OH is 1. The average Bonchev–Trinajstić information content (AvgIpc) is 2.73. The number of fused-ring (bicyclic) bond motifs is 1. The van der Waals surface area contributed by atoms with Crippen LogP contribution >= 0.6 is 0 Å². The molecule has 1 saturated carbocycles. The molecule has 1 aromatic rings. The summed E-state index contributed by atoms with van der Waals surface area (Å²) in [4.78, 5) is 26.4. The van der Waals surface area contributed by atoms with Crippen LogP contribution in [0.3, 0.4) is 0 Å². The first-order chi connectivity index (χ1) is 10.1. The fourth-order valence-electron chi connectivity index (χ4n) is 3.62. The van der Waals surface area contributed by atoms with Crippen molar-refractivity contribution in [1.29, 1.82) is 0 Å². The number of hydrogen-bond acceptors (Lipinski definition) is 3. The van der Waals surface area contributed by atoms with Crippen LogP contribution < -0.4 is 0 Å². The molecule has 112 valence electrons. The van der Waals surface area contributed by atoms with E-state index in [9.17, 15) is 9.59 Å². The van der Waals surface area contributed by atoms with Crippen molar-refractivity contribution in [3.8, 4) is 0 Å². The molecule has 0 unspecified atom stereocenters. The zero-order valence-corrected chi connectivity index (χ0v) is 12.3. The van der Waals surface area contributed by atoms with Crippen LogP contribution in [0.4, 0.5) is 0 Å². The molecule has 0 bridgehead atoms. The quantitative estimate of drug-likeness (QED) is 0.869. The largest absolute Gasteiger partial charge is 0.396 e. The minimum Gasteiger partial charge on any atom is -0.396 e. The molecule has 1 fully saturated rings. The lowest BCUT2D eigenvalue weighted by atomic mass is 9.72. The number of carbonyl (C=O) groups excluding carboxylic acids is 2. The van der Waals surface area contributed by atoms with E-state index in [0.29, 0.717) is 11.1 Å². The second-order valence-electron chi connectivity index (χ2n) is 6.54. The van der Waals surface area contributed by atoms with Gasteiger partial charge in [0.2, 0.25) is 0 Å². The van der Waals surface area contributed by atoms with E-state index in [1.165, 1.54) is 4.90 Å². The van der Waals surface area contributed by atoms with Gasteiger partial charge in [0.1, 0.15) is 0 Å². The van der Waals surface area contributed by atoms with Crippen LogP contribution in [0.25, 0.3) is 0 Å². The second kappa shape index (κ2) is 5.26. The SMILES string of the molecule is CC1(CCO)CCC(N2C(=O)c3ccccc3C2=O)CC1. The number of aliphatic hydroxyl groups is 1. The van der Waals surface area contributed by atoms with Crippen LogP contribution in [0.5, 0.6) is 0 Å². The summed E-state index contributed by atoms with van der Waals surface area (Å²) in [6.45, 7) is 2.38. The summed E-state index contributed by atoms with van der Waals surface area (Å²) in [5.41, 5.74) is 1.21. The van der Waals surface area contributed by atoms with Crippen molar-refractivity contribution >= 4 is 11.8 Å². The van der Waals surface area contributed by atoms with Gasteiger partial charge in [-0.1, -0.05) is 19.1 Å². The van der Waals surface area contributed by atoms with Gasteiger partial charge in [0, 0.05) is 12.6 Å². The van der Waals surface area contributed by atoms with Crippen molar-refractivity contribution in [3.05, 3.63) is 35.4 Å². The Morgan fingerprint density at radius 1 is 1.14 bits per heavy atom. The summed E-state index contributed by atoms with van der Waals surface area (Å²) in [5.74, 6) is -0.294. The van der Waals surface area contributed by atoms with Crippen LogP contribution in [0.1, 0.15) is 59.7 Å². The van der Waals surface area contributed by atoms with Crippen molar-refractivity contribution in [2.45, 2.75) is 45.1 Å². The molecule has 2 aliphatic rings. The highest BCUT2D eigenvalue weighted by Crippen LogP contribution is 2.41. The first-order valence-corrected chi connectivity index (χ1v) is 7.63. The standard InChI is InChI=1S/C17H21NO3/c1-17(10-11-19)8-6-12(7-9-17)18-15(20)13-4-2-3-5-14(13)16(18)21/h2-5,12,19H,6-11H2,1H3. The van der Waals surface area contributed by atoms with Crippen molar-refractivity contribution in [3.63, 3.8) is 0 Å². The Hall–Kier alpha value is -1.68. The maximum atomic E-state index is 12.5. The zero-order chi connectivity index (χ0) is 15.0. The molecule has 3 rings (SSSR count). The van der Waals surface area contributed by atoms with E-state index in [1.54, 1.807) is 24.3 Å². The van der Waals surface area contributed by atoms with E-state index in [4.69, 9.17) is 5.11 Å². The van der Waals surface area contributed by atoms with Gasteiger partial charge in [-0.05, 0) is 49.7 Å². The zero-order valence-electron chi connectivity index (χ0n) is 12.3. The molecule has 21 heavy (non-hydrogen) atoms. The number of benzene rings is 1. The molecule has 0 atom stereocenters. The second-order valence-corrected chi connectivity index (χ2v) is 6.54. The highest BCUT2D eigenvalue weighted by Gasteiger charge is 2.42. The summed E-state index contributed by atoms with van der Waals surface area (Å²) in [6, 6.07) is 7.06. The lowest BCUT2D eigenvalue weighted by molar-refractivity contribution is 0.0454. The van der Waals surface area contributed by atoms with Gasteiger partial charge in [-0.2, -0.15) is 0 Å². The van der Waals surface area contributed by atoms with Crippen molar-refractivity contribution in [2.24, 2.45) is 5.41 Å². The van der Waals surface area contributed by atoms with Gasteiger partial charge in [-0.3, -0.25) is 14.5 Å². The Morgan fingerprint density at radius 2 is 1.67 bits per heavy atom. The first kappa shape index (κ1) is 14.3. The van der Waals surface area contributed by atoms with Gasteiger partial charge in [-0.25, -0.2) is 0 Å². The summed E-state index contributed by atoms with van der Waals surface area (Å²) in [7, 11) is 0. The van der Waals surface area contributed by atoms with Crippen molar-refractivity contribution in [1.82, 2.24) is 4.90 Å². The Labute approximate surface area is 124 Å². The van der Waals surface area contributed by atoms with Crippen molar-refractivity contribution < 1.29 is 14.7 Å². The number of nitrogens with zero attached hydrogens (tertiary/aromatic N) is 1. The predicted octanol–water partition coefficient (Wildman–Crippen LogP) is 2.61. The summed E-state index contributed by atoms with van der Waals surface area (Å²) in [6.07, 6.45) is 4.36. The number of hydrogen-bond donors (Lipinski definition) is 1. The molecular formula is C17H21NO3. The Kier molecular flexibility index (Phi) is 3.57.